The molecule has 1 aromatic carbocycles. The lowest BCUT2D eigenvalue weighted by atomic mass is 9.93. The Bertz CT molecular complexity index is 623. The molecular formula is C13H13N3O3. The Morgan fingerprint density at radius 2 is 2.16 bits per heavy atom. The predicted molar refractivity (Wildman–Crippen MR) is 66.8 cm³/mol. The van der Waals surface area contributed by atoms with Crippen molar-refractivity contribution >= 4 is 5.97 Å². The molecule has 0 radical (unpaired) electrons. The molecule has 2 aromatic rings. The highest BCUT2D eigenvalue weighted by atomic mass is 16.4. The number of carboxylic acids is 1. The molecular weight excluding hydrogens is 246 g/mol. The minimum absolute atomic E-state index is 0.125. The third kappa shape index (κ3) is 1.96. The average Bonchev–Trinajstić information content (AvgIpc) is 2.86. The van der Waals surface area contributed by atoms with E-state index in [1.165, 1.54) is 0 Å². The average molecular weight is 259 g/mol. The minimum atomic E-state index is -0.916. The van der Waals surface area contributed by atoms with Crippen molar-refractivity contribution in [1.29, 1.82) is 0 Å². The van der Waals surface area contributed by atoms with Crippen LogP contribution in [0, 0.1) is 0 Å². The van der Waals surface area contributed by atoms with Crippen molar-refractivity contribution < 1.29 is 15.0 Å². The number of nitrogens with one attached hydrogen (secondary N) is 2. The molecule has 3 rings (SSSR count). The van der Waals surface area contributed by atoms with Crippen LogP contribution in [0.3, 0.4) is 0 Å². The summed E-state index contributed by atoms with van der Waals surface area (Å²) in [6.45, 7) is 0. The number of aromatic nitrogens is 2. The number of aromatic hydroxyl groups is 1. The number of aliphatic carboxylic acids is 1. The van der Waals surface area contributed by atoms with Gasteiger partial charge in [0.05, 0.1) is 18.1 Å². The largest absolute Gasteiger partial charge is 0.508 e. The summed E-state index contributed by atoms with van der Waals surface area (Å²) in [7, 11) is 0. The molecule has 0 amide bonds. The second kappa shape index (κ2) is 4.40. The molecule has 0 unspecified atom stereocenters. The molecule has 0 fully saturated rings. The van der Waals surface area contributed by atoms with E-state index >= 15 is 0 Å². The molecule has 19 heavy (non-hydrogen) atoms. The van der Waals surface area contributed by atoms with Gasteiger partial charge in [0.1, 0.15) is 11.8 Å². The number of H-pyrrole nitrogens is 1. The maximum absolute atomic E-state index is 11.2. The van der Waals surface area contributed by atoms with E-state index in [-0.39, 0.29) is 5.75 Å². The fraction of sp³-hybridized carbons (Fsp3) is 0.231. The van der Waals surface area contributed by atoms with Crippen LogP contribution in [0.25, 0.3) is 0 Å². The number of aromatic amines is 1. The summed E-state index contributed by atoms with van der Waals surface area (Å²) in [6, 6.07) is 5.74. The second-order valence-electron chi connectivity index (χ2n) is 4.52. The van der Waals surface area contributed by atoms with Gasteiger partial charge in [0.25, 0.3) is 0 Å². The molecule has 2 heterocycles. The van der Waals surface area contributed by atoms with E-state index in [0.717, 1.165) is 11.4 Å². The van der Waals surface area contributed by atoms with Gasteiger partial charge >= 0.3 is 5.97 Å². The SMILES string of the molecule is O=C(O)[C@H]1Cc2[nH]cnc2[C@H](c2ccccc2O)N1. The van der Waals surface area contributed by atoms with E-state index in [0.29, 0.717) is 12.0 Å². The molecule has 0 aliphatic carbocycles. The predicted octanol–water partition coefficient (Wildman–Crippen LogP) is 0.804. The standard InChI is InChI=1S/C13H13N3O3/c17-10-4-2-1-3-7(10)11-12-8(14-6-15-12)5-9(16-11)13(18)19/h1-4,6,9,11,16-17H,5H2,(H,14,15)(H,18,19)/t9-,11+/m1/s1. The quantitative estimate of drug-likeness (QED) is 0.639. The van der Waals surface area contributed by atoms with Crippen molar-refractivity contribution in [2.24, 2.45) is 0 Å². The minimum Gasteiger partial charge on any atom is -0.508 e. The molecule has 98 valence electrons. The normalized spacial score (nSPS) is 21.9. The summed E-state index contributed by atoms with van der Waals surface area (Å²) < 4.78 is 0. The molecule has 1 aliphatic heterocycles. The van der Waals surface area contributed by atoms with Gasteiger partial charge in [-0.1, -0.05) is 18.2 Å². The number of para-hydroxylation sites is 1. The summed E-state index contributed by atoms with van der Waals surface area (Å²) >= 11 is 0. The zero-order valence-electron chi connectivity index (χ0n) is 10.00. The zero-order chi connectivity index (χ0) is 13.4. The number of carbonyl (C=O) groups is 1. The van der Waals surface area contributed by atoms with Crippen molar-refractivity contribution in [3.8, 4) is 5.75 Å². The van der Waals surface area contributed by atoms with Gasteiger partial charge in [0, 0.05) is 17.7 Å². The highest BCUT2D eigenvalue weighted by Crippen LogP contribution is 2.32. The van der Waals surface area contributed by atoms with E-state index < -0.39 is 18.1 Å². The third-order valence-corrected chi connectivity index (χ3v) is 3.35. The van der Waals surface area contributed by atoms with Crippen molar-refractivity contribution in [2.45, 2.75) is 18.5 Å². The van der Waals surface area contributed by atoms with Crippen LogP contribution in [0.2, 0.25) is 0 Å². The molecule has 0 spiro atoms. The molecule has 1 aliphatic rings. The van der Waals surface area contributed by atoms with Gasteiger partial charge in [0.15, 0.2) is 0 Å². The van der Waals surface area contributed by atoms with Gasteiger partial charge < -0.3 is 15.2 Å². The van der Waals surface area contributed by atoms with Gasteiger partial charge in [-0.05, 0) is 6.07 Å². The van der Waals surface area contributed by atoms with Crippen LogP contribution < -0.4 is 5.32 Å². The van der Waals surface area contributed by atoms with Gasteiger partial charge in [-0.3, -0.25) is 10.1 Å². The van der Waals surface area contributed by atoms with Crippen molar-refractivity contribution in [3.05, 3.63) is 47.5 Å². The summed E-state index contributed by atoms with van der Waals surface area (Å²) in [5, 5.41) is 22.1. The van der Waals surface area contributed by atoms with E-state index in [9.17, 15) is 15.0 Å². The van der Waals surface area contributed by atoms with Gasteiger partial charge in [-0.25, -0.2) is 4.98 Å². The number of imidazole rings is 1. The molecule has 6 heteroatoms. The van der Waals surface area contributed by atoms with Crippen LogP contribution in [0.1, 0.15) is 23.0 Å². The molecule has 6 nitrogen and oxygen atoms in total. The van der Waals surface area contributed by atoms with Crippen LogP contribution in [0.4, 0.5) is 0 Å². The number of rotatable bonds is 2. The first-order chi connectivity index (χ1) is 9.16. The maximum Gasteiger partial charge on any atom is 0.321 e. The summed E-state index contributed by atoms with van der Waals surface area (Å²) in [5.74, 6) is -0.791. The van der Waals surface area contributed by atoms with E-state index in [4.69, 9.17) is 0 Å². The first-order valence-electron chi connectivity index (χ1n) is 5.95. The first kappa shape index (κ1) is 11.7. The van der Waals surface area contributed by atoms with Crippen LogP contribution in [-0.2, 0) is 11.2 Å². The molecule has 2 atom stereocenters. The Morgan fingerprint density at radius 1 is 1.37 bits per heavy atom. The molecule has 1 aromatic heterocycles. The van der Waals surface area contributed by atoms with Crippen LogP contribution >= 0.6 is 0 Å². The summed E-state index contributed by atoms with van der Waals surface area (Å²) in [5.41, 5.74) is 2.15. The van der Waals surface area contributed by atoms with Crippen LogP contribution in [-0.4, -0.2) is 32.2 Å². The van der Waals surface area contributed by atoms with Gasteiger partial charge in [-0.15, -0.1) is 0 Å². The molecule has 0 bridgehead atoms. The highest BCUT2D eigenvalue weighted by molar-refractivity contribution is 5.74. The molecule has 0 saturated carbocycles. The summed E-state index contributed by atoms with van der Waals surface area (Å²) in [4.78, 5) is 18.4. The Morgan fingerprint density at radius 3 is 2.89 bits per heavy atom. The number of fused-ring (bicyclic) bond motifs is 1. The lowest BCUT2D eigenvalue weighted by molar-refractivity contribution is -0.139. The number of hydrogen-bond donors (Lipinski definition) is 4. The Balaban J connectivity index is 2.06. The maximum atomic E-state index is 11.2. The number of benzene rings is 1. The van der Waals surface area contributed by atoms with Gasteiger partial charge in [-0.2, -0.15) is 0 Å². The number of carboxylic acid groups (broad SMARTS) is 1. The number of phenolic OH excluding ortho intramolecular Hbond substituents is 1. The lowest BCUT2D eigenvalue weighted by Crippen LogP contribution is -2.45. The van der Waals surface area contributed by atoms with E-state index in [1.54, 1.807) is 30.6 Å². The van der Waals surface area contributed by atoms with Crippen molar-refractivity contribution in [3.63, 3.8) is 0 Å². The zero-order valence-corrected chi connectivity index (χ0v) is 10.00. The Labute approximate surface area is 109 Å². The topological polar surface area (TPSA) is 98.2 Å². The number of hydrogen-bond acceptors (Lipinski definition) is 4. The fourth-order valence-electron chi connectivity index (χ4n) is 2.41. The molecule has 0 saturated heterocycles. The molecule has 4 N–H and O–H groups in total. The van der Waals surface area contributed by atoms with Gasteiger partial charge in [0.2, 0.25) is 0 Å². The monoisotopic (exact) mass is 259 g/mol. The third-order valence-electron chi connectivity index (χ3n) is 3.35. The van der Waals surface area contributed by atoms with E-state index in [1.807, 2.05) is 0 Å². The van der Waals surface area contributed by atoms with Crippen molar-refractivity contribution in [1.82, 2.24) is 15.3 Å². The highest BCUT2D eigenvalue weighted by Gasteiger charge is 2.34. The van der Waals surface area contributed by atoms with Crippen LogP contribution in [0.15, 0.2) is 30.6 Å². The van der Waals surface area contributed by atoms with Crippen molar-refractivity contribution in [2.75, 3.05) is 0 Å². The lowest BCUT2D eigenvalue weighted by Gasteiger charge is -2.28. The Hall–Kier alpha value is -2.34. The smallest absolute Gasteiger partial charge is 0.321 e. The Kier molecular flexibility index (Phi) is 2.72. The number of nitrogens with zero attached hydrogens (tertiary/aromatic N) is 1. The van der Waals surface area contributed by atoms with E-state index in [2.05, 4.69) is 15.3 Å². The number of phenols is 1. The fourth-order valence-corrected chi connectivity index (χ4v) is 2.41. The second-order valence-corrected chi connectivity index (χ2v) is 4.52. The first-order valence-corrected chi connectivity index (χ1v) is 5.95. The van der Waals surface area contributed by atoms with Crippen LogP contribution in [0.5, 0.6) is 5.75 Å². The summed E-state index contributed by atoms with van der Waals surface area (Å²) in [6.07, 6.45) is 1.90.